The van der Waals surface area contributed by atoms with Crippen LogP contribution in [0.25, 0.3) is 0 Å². The molecule has 0 aliphatic heterocycles. The summed E-state index contributed by atoms with van der Waals surface area (Å²) >= 11 is 1.37. The van der Waals surface area contributed by atoms with Crippen LogP contribution in [0.1, 0.15) is 31.9 Å². The molecule has 0 heterocycles. The van der Waals surface area contributed by atoms with Crippen molar-refractivity contribution in [2.24, 2.45) is 0 Å². The van der Waals surface area contributed by atoms with E-state index in [1.165, 1.54) is 22.9 Å². The minimum atomic E-state index is 0.244. The molecule has 2 radical (unpaired) electrons. The van der Waals surface area contributed by atoms with Crippen molar-refractivity contribution in [2.45, 2.75) is 31.9 Å². The molecule has 0 aliphatic carbocycles. The fourth-order valence-electron chi connectivity index (χ4n) is 1.20. The summed E-state index contributed by atoms with van der Waals surface area (Å²) in [5.41, 5.74) is 2.91. The number of rotatable bonds is 2. The zero-order chi connectivity index (χ0) is 9.90. The molecular weight excluding hydrogens is 176 g/mol. The molecule has 0 unspecified atom stereocenters. The predicted octanol–water partition coefficient (Wildman–Crippen LogP) is 3.89. The van der Waals surface area contributed by atoms with Gasteiger partial charge in [-0.25, -0.2) is 0 Å². The Morgan fingerprint density at radius 1 is 1.15 bits per heavy atom. The summed E-state index contributed by atoms with van der Waals surface area (Å²) < 4.78 is 0. The molecule has 0 bridgehead atoms. The maximum atomic E-state index is 5.40. The molecule has 0 atom stereocenters. The van der Waals surface area contributed by atoms with Crippen LogP contribution in [0.4, 0.5) is 0 Å². The molecular formula is C12H16S. The number of hydrogen-bond donors (Lipinski definition) is 0. The lowest BCUT2D eigenvalue weighted by molar-refractivity contribution is 0.590. The van der Waals surface area contributed by atoms with Gasteiger partial charge >= 0.3 is 0 Å². The Morgan fingerprint density at radius 3 is 2.08 bits per heavy atom. The van der Waals surface area contributed by atoms with Crippen LogP contribution in [0.2, 0.25) is 0 Å². The van der Waals surface area contributed by atoms with Crippen molar-refractivity contribution in [3.63, 3.8) is 0 Å². The topological polar surface area (TPSA) is 0 Å². The average Bonchev–Trinajstić information content (AvgIpc) is 2.04. The first kappa shape index (κ1) is 10.6. The minimum Gasteiger partial charge on any atom is -0.151 e. The van der Waals surface area contributed by atoms with Crippen molar-refractivity contribution in [1.29, 1.82) is 0 Å². The summed E-state index contributed by atoms with van der Waals surface area (Å²) in [7, 11) is 0. The third-order valence-corrected chi connectivity index (χ3v) is 2.57. The van der Waals surface area contributed by atoms with E-state index in [2.05, 4.69) is 45.0 Å². The Labute approximate surface area is 85.7 Å². The zero-order valence-corrected chi connectivity index (χ0v) is 9.32. The third kappa shape index (κ3) is 3.07. The molecule has 0 spiro atoms. The molecule has 0 aliphatic rings. The summed E-state index contributed by atoms with van der Waals surface area (Å²) in [6.07, 6.45) is 5.40. The molecule has 0 nitrogen and oxygen atoms in total. The minimum absolute atomic E-state index is 0.244. The summed E-state index contributed by atoms with van der Waals surface area (Å²) in [4.78, 5) is 0. The highest BCUT2D eigenvalue weighted by atomic mass is 32.2. The van der Waals surface area contributed by atoms with Crippen LogP contribution in [0, 0.1) is 6.26 Å². The number of thioether (sulfide) groups is 1. The summed E-state index contributed by atoms with van der Waals surface area (Å²) in [6, 6.07) is 8.68. The second-order valence-corrected chi connectivity index (χ2v) is 4.88. The fraction of sp³-hybridized carbons (Fsp3) is 0.417. The standard InChI is InChI=1S/C12H16S/c1-12(2,3)11-7-5-10(6-8-11)9-13-4/h4-8H,9H2,1-3H3. The molecule has 1 heteroatoms. The van der Waals surface area contributed by atoms with E-state index in [1.807, 2.05) is 0 Å². The van der Waals surface area contributed by atoms with Crippen molar-refractivity contribution in [1.82, 2.24) is 0 Å². The largest absolute Gasteiger partial charge is 0.151 e. The van der Waals surface area contributed by atoms with Gasteiger partial charge in [0.25, 0.3) is 0 Å². The second-order valence-electron chi connectivity index (χ2n) is 4.26. The van der Waals surface area contributed by atoms with Crippen LogP contribution in [0.5, 0.6) is 0 Å². The van der Waals surface area contributed by atoms with Crippen molar-refractivity contribution < 1.29 is 0 Å². The molecule has 1 aromatic carbocycles. The summed E-state index contributed by atoms with van der Waals surface area (Å²) in [5, 5.41) is 0. The molecule has 0 aromatic heterocycles. The van der Waals surface area contributed by atoms with Crippen LogP contribution in [-0.2, 0) is 11.2 Å². The second kappa shape index (κ2) is 4.19. The molecule has 0 saturated carbocycles. The first-order chi connectivity index (χ1) is 6.04. The van der Waals surface area contributed by atoms with E-state index >= 15 is 0 Å². The van der Waals surface area contributed by atoms with Gasteiger partial charge in [0.1, 0.15) is 0 Å². The predicted molar refractivity (Wildman–Crippen MR) is 60.7 cm³/mol. The van der Waals surface area contributed by atoms with Crippen molar-refractivity contribution >= 4 is 11.8 Å². The highest BCUT2D eigenvalue weighted by molar-refractivity contribution is 7.99. The van der Waals surface area contributed by atoms with Gasteiger partial charge < -0.3 is 0 Å². The van der Waals surface area contributed by atoms with Crippen LogP contribution in [0.3, 0.4) is 0 Å². The molecule has 0 N–H and O–H groups in total. The van der Waals surface area contributed by atoms with Crippen molar-refractivity contribution in [3.8, 4) is 0 Å². The molecule has 0 saturated heterocycles. The highest BCUT2D eigenvalue weighted by Gasteiger charge is 2.12. The lowest BCUT2D eigenvalue weighted by Crippen LogP contribution is -2.10. The monoisotopic (exact) mass is 192 g/mol. The van der Waals surface area contributed by atoms with E-state index in [1.54, 1.807) is 0 Å². The Balaban J connectivity index is 2.81. The van der Waals surface area contributed by atoms with E-state index in [0.717, 1.165) is 5.75 Å². The molecule has 70 valence electrons. The average molecular weight is 192 g/mol. The Kier molecular flexibility index (Phi) is 3.43. The van der Waals surface area contributed by atoms with E-state index in [4.69, 9.17) is 6.26 Å². The van der Waals surface area contributed by atoms with Gasteiger partial charge in [-0.05, 0) is 16.5 Å². The molecule has 0 amide bonds. The van der Waals surface area contributed by atoms with Gasteiger partial charge in [-0.3, -0.25) is 0 Å². The van der Waals surface area contributed by atoms with E-state index < -0.39 is 0 Å². The molecule has 1 aromatic rings. The lowest BCUT2D eigenvalue weighted by atomic mass is 9.87. The van der Waals surface area contributed by atoms with Crippen LogP contribution in [-0.4, -0.2) is 0 Å². The maximum Gasteiger partial charge on any atom is 0.0311 e. The number of hydrogen-bond acceptors (Lipinski definition) is 1. The van der Waals surface area contributed by atoms with Gasteiger partial charge in [0.05, 0.1) is 0 Å². The Morgan fingerprint density at radius 2 is 1.69 bits per heavy atom. The Hall–Kier alpha value is -0.430. The molecule has 13 heavy (non-hydrogen) atoms. The molecule has 1 rings (SSSR count). The quantitative estimate of drug-likeness (QED) is 0.685. The van der Waals surface area contributed by atoms with Gasteiger partial charge in [0.15, 0.2) is 0 Å². The summed E-state index contributed by atoms with van der Waals surface area (Å²) in [5.74, 6) is 0.893. The SMILES string of the molecule is [CH]SCc1ccc(C(C)(C)C)cc1. The summed E-state index contributed by atoms with van der Waals surface area (Å²) in [6.45, 7) is 6.67. The molecule has 0 fully saturated rings. The van der Waals surface area contributed by atoms with Crippen molar-refractivity contribution in [2.75, 3.05) is 0 Å². The van der Waals surface area contributed by atoms with Crippen LogP contribution < -0.4 is 0 Å². The third-order valence-electron chi connectivity index (χ3n) is 2.07. The van der Waals surface area contributed by atoms with E-state index in [9.17, 15) is 0 Å². The van der Waals surface area contributed by atoms with E-state index in [0.29, 0.717) is 0 Å². The normalized spacial score (nSPS) is 11.7. The van der Waals surface area contributed by atoms with Gasteiger partial charge in [-0.15, -0.1) is 0 Å². The van der Waals surface area contributed by atoms with Crippen LogP contribution in [0.15, 0.2) is 24.3 Å². The smallest absolute Gasteiger partial charge is 0.0311 e. The lowest BCUT2D eigenvalue weighted by Gasteiger charge is -2.18. The number of benzene rings is 1. The van der Waals surface area contributed by atoms with Gasteiger partial charge in [0.2, 0.25) is 0 Å². The fourth-order valence-corrected chi connectivity index (χ4v) is 1.58. The van der Waals surface area contributed by atoms with Crippen LogP contribution >= 0.6 is 11.8 Å². The Bertz CT molecular complexity index is 253. The van der Waals surface area contributed by atoms with Gasteiger partial charge in [0, 0.05) is 12.0 Å². The maximum absolute atomic E-state index is 5.40. The highest BCUT2D eigenvalue weighted by Crippen LogP contribution is 2.23. The first-order valence-electron chi connectivity index (χ1n) is 4.45. The van der Waals surface area contributed by atoms with Gasteiger partial charge in [-0.2, -0.15) is 11.8 Å². The van der Waals surface area contributed by atoms with E-state index in [-0.39, 0.29) is 5.41 Å². The van der Waals surface area contributed by atoms with Gasteiger partial charge in [-0.1, -0.05) is 45.0 Å². The zero-order valence-electron chi connectivity index (χ0n) is 8.50. The van der Waals surface area contributed by atoms with Crippen molar-refractivity contribution in [3.05, 3.63) is 41.6 Å². The first-order valence-corrected chi connectivity index (χ1v) is 5.50.